The zero-order chi connectivity index (χ0) is 13.0. The third kappa shape index (κ3) is 2.37. The fourth-order valence-corrected chi connectivity index (χ4v) is 2.24. The Labute approximate surface area is 107 Å². The van der Waals surface area contributed by atoms with E-state index in [1.807, 2.05) is 0 Å². The molecule has 1 aromatic heterocycles. The summed E-state index contributed by atoms with van der Waals surface area (Å²) in [6.45, 7) is 3.40. The molecule has 0 amide bonds. The fraction of sp³-hybridized carbons (Fsp3) is 0.615. The van der Waals surface area contributed by atoms with E-state index in [2.05, 4.69) is 29.4 Å². The second-order valence-corrected chi connectivity index (χ2v) is 4.77. The van der Waals surface area contributed by atoms with Crippen LogP contribution in [-0.2, 0) is 6.54 Å². The van der Waals surface area contributed by atoms with Crippen LogP contribution in [0.4, 0.5) is 0 Å². The van der Waals surface area contributed by atoms with Crippen molar-refractivity contribution < 1.29 is 0 Å². The minimum Gasteiger partial charge on any atom is -0.320 e. The second-order valence-electron chi connectivity index (χ2n) is 4.77. The molecule has 5 heteroatoms. The van der Waals surface area contributed by atoms with Crippen LogP contribution in [0.1, 0.15) is 32.0 Å². The monoisotopic (exact) mass is 243 g/mol. The lowest BCUT2D eigenvalue weighted by molar-refractivity contribution is 0.317. The summed E-state index contributed by atoms with van der Waals surface area (Å²) in [7, 11) is 0. The zero-order valence-corrected chi connectivity index (χ0v) is 10.6. The van der Waals surface area contributed by atoms with E-state index in [-0.39, 0.29) is 0 Å². The largest absolute Gasteiger partial charge is 0.320 e. The van der Waals surface area contributed by atoms with Crippen LogP contribution in [0.15, 0.2) is 12.4 Å². The van der Waals surface area contributed by atoms with Crippen molar-refractivity contribution in [1.82, 2.24) is 14.9 Å². The summed E-state index contributed by atoms with van der Waals surface area (Å²) in [5, 5.41) is 21.9. The molecule has 0 spiro atoms. The predicted molar refractivity (Wildman–Crippen MR) is 66.3 cm³/mol. The van der Waals surface area contributed by atoms with E-state index >= 15 is 0 Å². The van der Waals surface area contributed by atoms with Gasteiger partial charge < -0.3 is 4.57 Å². The number of rotatable bonds is 6. The molecule has 1 aromatic rings. The van der Waals surface area contributed by atoms with E-state index in [0.29, 0.717) is 18.3 Å². The van der Waals surface area contributed by atoms with Crippen LogP contribution in [0.5, 0.6) is 0 Å². The third-order valence-electron chi connectivity index (χ3n) is 3.40. The van der Waals surface area contributed by atoms with E-state index in [0.717, 1.165) is 25.8 Å². The van der Waals surface area contributed by atoms with Crippen molar-refractivity contribution in [2.24, 2.45) is 5.92 Å². The van der Waals surface area contributed by atoms with E-state index in [1.165, 1.54) is 0 Å². The summed E-state index contributed by atoms with van der Waals surface area (Å²) in [5.74, 6) is 0.761. The van der Waals surface area contributed by atoms with Gasteiger partial charge in [-0.25, -0.2) is 4.98 Å². The minimum atomic E-state index is -0.553. The van der Waals surface area contributed by atoms with Gasteiger partial charge in [-0.1, -0.05) is 6.92 Å². The van der Waals surface area contributed by atoms with Gasteiger partial charge in [-0.15, -0.1) is 0 Å². The molecule has 1 unspecified atom stereocenters. The Morgan fingerprint density at radius 2 is 2.33 bits per heavy atom. The normalized spacial score (nSPS) is 17.7. The zero-order valence-electron chi connectivity index (χ0n) is 10.6. The standard InChI is InChI=1S/C13H17N5/c1-2-5-17-13(9-15,11-3-4-11)10-18-7-6-16-12(18)8-14/h6-7,11,17H,2-5,10H2,1H3. The molecule has 1 fully saturated rings. The highest BCUT2D eigenvalue weighted by atomic mass is 15.1. The van der Waals surface area contributed by atoms with E-state index in [4.69, 9.17) is 5.26 Å². The second kappa shape index (κ2) is 5.20. The van der Waals surface area contributed by atoms with Gasteiger partial charge in [0.25, 0.3) is 0 Å². The maximum Gasteiger partial charge on any atom is 0.212 e. The molecule has 1 heterocycles. The Morgan fingerprint density at radius 1 is 1.56 bits per heavy atom. The Bertz CT molecular complexity index is 488. The summed E-state index contributed by atoms with van der Waals surface area (Å²) in [5.41, 5.74) is -0.553. The van der Waals surface area contributed by atoms with E-state index in [9.17, 15) is 5.26 Å². The van der Waals surface area contributed by atoms with Crippen molar-refractivity contribution in [1.29, 1.82) is 10.5 Å². The van der Waals surface area contributed by atoms with Crippen molar-refractivity contribution in [2.45, 2.75) is 38.3 Å². The molecule has 1 saturated carbocycles. The third-order valence-corrected chi connectivity index (χ3v) is 3.40. The van der Waals surface area contributed by atoms with Gasteiger partial charge in [-0.2, -0.15) is 10.5 Å². The van der Waals surface area contributed by atoms with Crippen LogP contribution in [-0.4, -0.2) is 21.6 Å². The highest BCUT2D eigenvalue weighted by Gasteiger charge is 2.45. The number of nitrogens with one attached hydrogen (secondary N) is 1. The first kappa shape index (κ1) is 12.6. The van der Waals surface area contributed by atoms with Gasteiger partial charge in [-0.3, -0.25) is 5.32 Å². The molecule has 1 aliphatic carbocycles. The summed E-state index contributed by atoms with van der Waals surface area (Å²) in [6, 6.07) is 4.49. The van der Waals surface area contributed by atoms with Gasteiger partial charge in [0.2, 0.25) is 5.82 Å². The molecule has 94 valence electrons. The lowest BCUT2D eigenvalue weighted by Crippen LogP contribution is -2.50. The molecule has 0 saturated heterocycles. The van der Waals surface area contributed by atoms with Gasteiger partial charge in [0.15, 0.2) is 0 Å². The van der Waals surface area contributed by atoms with Crippen molar-refractivity contribution in [3.63, 3.8) is 0 Å². The van der Waals surface area contributed by atoms with Gasteiger partial charge >= 0.3 is 0 Å². The lowest BCUT2D eigenvalue weighted by atomic mass is 9.94. The highest BCUT2D eigenvalue weighted by molar-refractivity contribution is 5.19. The number of hydrogen-bond donors (Lipinski definition) is 1. The van der Waals surface area contributed by atoms with Gasteiger partial charge in [-0.05, 0) is 31.7 Å². The Hall–Kier alpha value is -1.85. The molecule has 2 rings (SSSR count). The van der Waals surface area contributed by atoms with E-state index in [1.54, 1.807) is 17.0 Å². The fourth-order valence-electron chi connectivity index (χ4n) is 2.24. The van der Waals surface area contributed by atoms with Gasteiger partial charge in [0.05, 0.1) is 12.6 Å². The quantitative estimate of drug-likeness (QED) is 0.819. The van der Waals surface area contributed by atoms with Crippen LogP contribution in [0.3, 0.4) is 0 Å². The average molecular weight is 243 g/mol. The van der Waals surface area contributed by atoms with Crippen molar-refractivity contribution >= 4 is 0 Å². The van der Waals surface area contributed by atoms with Crippen LogP contribution in [0.2, 0.25) is 0 Å². The predicted octanol–water partition coefficient (Wildman–Crippen LogP) is 1.43. The maximum atomic E-state index is 9.55. The topological polar surface area (TPSA) is 77.4 Å². The van der Waals surface area contributed by atoms with Crippen LogP contribution >= 0.6 is 0 Å². The minimum absolute atomic E-state index is 0.369. The molecule has 1 N–H and O–H groups in total. The summed E-state index contributed by atoms with van der Waals surface area (Å²) >= 11 is 0. The Kier molecular flexibility index (Phi) is 3.64. The summed E-state index contributed by atoms with van der Waals surface area (Å²) in [4.78, 5) is 3.98. The SMILES string of the molecule is CCCNC(C#N)(Cn1ccnc1C#N)C1CC1. The number of hydrogen-bond acceptors (Lipinski definition) is 4. The molecular formula is C13H17N5. The Morgan fingerprint density at radius 3 is 2.89 bits per heavy atom. The molecule has 0 aliphatic heterocycles. The first-order valence-electron chi connectivity index (χ1n) is 6.33. The first-order valence-corrected chi connectivity index (χ1v) is 6.33. The molecule has 0 bridgehead atoms. The molecule has 18 heavy (non-hydrogen) atoms. The maximum absolute atomic E-state index is 9.55. The van der Waals surface area contributed by atoms with Crippen LogP contribution < -0.4 is 5.32 Å². The van der Waals surface area contributed by atoms with Gasteiger partial charge in [0.1, 0.15) is 11.6 Å². The summed E-state index contributed by atoms with van der Waals surface area (Å²) < 4.78 is 1.77. The summed E-state index contributed by atoms with van der Waals surface area (Å²) in [6.07, 6.45) is 6.53. The smallest absolute Gasteiger partial charge is 0.212 e. The average Bonchev–Trinajstić information content (AvgIpc) is 3.16. The van der Waals surface area contributed by atoms with Crippen molar-refractivity contribution in [3.05, 3.63) is 18.2 Å². The Balaban J connectivity index is 2.20. The van der Waals surface area contributed by atoms with Gasteiger partial charge in [0, 0.05) is 12.4 Å². The molecular weight excluding hydrogens is 226 g/mol. The number of imidazole rings is 1. The molecule has 0 aromatic carbocycles. The molecule has 1 atom stereocenters. The molecule has 5 nitrogen and oxygen atoms in total. The van der Waals surface area contributed by atoms with Crippen LogP contribution in [0.25, 0.3) is 0 Å². The number of aromatic nitrogens is 2. The first-order chi connectivity index (χ1) is 8.75. The van der Waals surface area contributed by atoms with E-state index < -0.39 is 5.54 Å². The molecule has 0 radical (unpaired) electrons. The number of nitriles is 2. The van der Waals surface area contributed by atoms with Crippen LogP contribution in [0, 0.1) is 28.6 Å². The van der Waals surface area contributed by atoms with Crippen molar-refractivity contribution in [3.8, 4) is 12.1 Å². The number of nitrogens with zero attached hydrogens (tertiary/aromatic N) is 4. The molecule has 1 aliphatic rings. The highest BCUT2D eigenvalue weighted by Crippen LogP contribution is 2.40. The van der Waals surface area contributed by atoms with Crippen molar-refractivity contribution in [2.75, 3.05) is 6.54 Å². The lowest BCUT2D eigenvalue weighted by Gasteiger charge is -2.28.